The third kappa shape index (κ3) is 1.88. The molecule has 0 aliphatic heterocycles. The lowest BCUT2D eigenvalue weighted by Gasteiger charge is -2.07. The first-order valence-corrected chi connectivity index (χ1v) is 3.87. The van der Waals surface area contributed by atoms with E-state index in [1.54, 1.807) is 7.11 Å². The smallest absolute Gasteiger partial charge is 0.119 e. The Hall–Kier alpha value is -1.24. The minimum atomic E-state index is 0.139. The Bertz CT molecular complexity index is 265. The van der Waals surface area contributed by atoms with Crippen molar-refractivity contribution in [3.8, 4) is 5.75 Å². The molecular formula is C11H13O. The van der Waals surface area contributed by atoms with Crippen LogP contribution in [-0.2, 0) is 0 Å². The number of ether oxygens (including phenoxy) is 1. The molecular weight excluding hydrogens is 148 g/mol. The average molecular weight is 161 g/mol. The Morgan fingerprint density at radius 2 is 2.25 bits per heavy atom. The summed E-state index contributed by atoms with van der Waals surface area (Å²) in [6.45, 7) is 7.62. The maximum Gasteiger partial charge on any atom is 0.119 e. The Labute approximate surface area is 73.7 Å². The third-order valence-electron chi connectivity index (χ3n) is 1.81. The summed E-state index contributed by atoms with van der Waals surface area (Å²) >= 11 is 0. The Morgan fingerprint density at radius 3 is 2.83 bits per heavy atom. The lowest BCUT2D eigenvalue weighted by atomic mass is 10.0. The van der Waals surface area contributed by atoms with Crippen LogP contribution in [0.4, 0.5) is 0 Å². The van der Waals surface area contributed by atoms with Crippen LogP contribution in [0.25, 0.3) is 0 Å². The van der Waals surface area contributed by atoms with E-state index in [4.69, 9.17) is 4.74 Å². The molecule has 0 fully saturated rings. The second kappa shape index (κ2) is 3.96. The topological polar surface area (TPSA) is 9.23 Å². The highest BCUT2D eigenvalue weighted by atomic mass is 16.5. The van der Waals surface area contributed by atoms with Gasteiger partial charge < -0.3 is 4.74 Å². The van der Waals surface area contributed by atoms with Crippen molar-refractivity contribution in [1.82, 2.24) is 0 Å². The van der Waals surface area contributed by atoms with E-state index in [-0.39, 0.29) is 5.92 Å². The summed E-state index contributed by atoms with van der Waals surface area (Å²) in [5.41, 5.74) is 1.13. The van der Waals surface area contributed by atoms with Gasteiger partial charge in [0.05, 0.1) is 7.11 Å². The fraction of sp³-hybridized carbons (Fsp3) is 0.182. The molecule has 1 unspecified atom stereocenters. The fourth-order valence-corrected chi connectivity index (χ4v) is 1.01. The number of rotatable bonds is 3. The van der Waals surface area contributed by atoms with Crippen molar-refractivity contribution in [2.45, 2.75) is 5.92 Å². The molecule has 0 aliphatic carbocycles. The molecule has 0 bridgehead atoms. The van der Waals surface area contributed by atoms with E-state index in [9.17, 15) is 0 Å². The second-order valence-electron chi connectivity index (χ2n) is 2.62. The van der Waals surface area contributed by atoms with Gasteiger partial charge in [-0.1, -0.05) is 18.2 Å². The monoisotopic (exact) mass is 161 g/mol. The highest BCUT2D eigenvalue weighted by Crippen LogP contribution is 2.20. The van der Waals surface area contributed by atoms with Gasteiger partial charge in [0.2, 0.25) is 0 Å². The number of hydrogen-bond donors (Lipinski definition) is 0. The van der Waals surface area contributed by atoms with E-state index in [0.29, 0.717) is 0 Å². The summed E-state index contributed by atoms with van der Waals surface area (Å²) < 4.78 is 5.09. The zero-order valence-corrected chi connectivity index (χ0v) is 7.29. The molecule has 0 N–H and O–H groups in total. The largest absolute Gasteiger partial charge is 0.497 e. The predicted molar refractivity (Wildman–Crippen MR) is 51.3 cm³/mol. The second-order valence-corrected chi connectivity index (χ2v) is 2.62. The zero-order chi connectivity index (χ0) is 8.97. The van der Waals surface area contributed by atoms with Gasteiger partial charge in [0.15, 0.2) is 0 Å². The molecule has 1 radical (unpaired) electrons. The van der Waals surface area contributed by atoms with Gasteiger partial charge in [-0.15, -0.1) is 6.58 Å². The molecule has 1 aromatic carbocycles. The van der Waals surface area contributed by atoms with Gasteiger partial charge in [-0.2, -0.15) is 0 Å². The normalized spacial score (nSPS) is 12.2. The summed E-state index contributed by atoms with van der Waals surface area (Å²) in [5, 5.41) is 0. The van der Waals surface area contributed by atoms with E-state index in [0.717, 1.165) is 11.3 Å². The molecule has 0 amide bonds. The van der Waals surface area contributed by atoms with Crippen LogP contribution in [0.2, 0.25) is 0 Å². The number of benzene rings is 1. The van der Waals surface area contributed by atoms with Crippen molar-refractivity contribution < 1.29 is 4.74 Å². The highest BCUT2D eigenvalue weighted by molar-refractivity contribution is 5.33. The van der Waals surface area contributed by atoms with Crippen LogP contribution in [0.5, 0.6) is 5.75 Å². The van der Waals surface area contributed by atoms with Crippen LogP contribution in [0.3, 0.4) is 0 Å². The summed E-state index contributed by atoms with van der Waals surface area (Å²) in [7, 11) is 1.66. The summed E-state index contributed by atoms with van der Waals surface area (Å²) in [6, 6.07) is 7.86. The third-order valence-corrected chi connectivity index (χ3v) is 1.81. The molecule has 63 valence electrons. The van der Waals surface area contributed by atoms with Gasteiger partial charge >= 0.3 is 0 Å². The van der Waals surface area contributed by atoms with E-state index in [2.05, 4.69) is 13.5 Å². The number of hydrogen-bond acceptors (Lipinski definition) is 1. The zero-order valence-electron chi connectivity index (χ0n) is 7.29. The molecule has 1 heteroatoms. The molecule has 12 heavy (non-hydrogen) atoms. The molecule has 1 rings (SSSR count). The van der Waals surface area contributed by atoms with E-state index in [1.807, 2.05) is 30.3 Å². The quantitative estimate of drug-likeness (QED) is 0.619. The fourth-order valence-electron chi connectivity index (χ4n) is 1.01. The highest BCUT2D eigenvalue weighted by Gasteiger charge is 2.00. The van der Waals surface area contributed by atoms with Crippen molar-refractivity contribution >= 4 is 0 Å². The Kier molecular flexibility index (Phi) is 2.92. The first-order chi connectivity index (χ1) is 5.77. The standard InChI is InChI=1S/C11H13O/c1-4-9(2)10-6-5-7-11(8-10)12-3/h4-9H,1-2H2,3H3. The molecule has 0 heterocycles. The first kappa shape index (κ1) is 8.85. The van der Waals surface area contributed by atoms with Crippen molar-refractivity contribution in [3.05, 3.63) is 49.4 Å². The summed E-state index contributed by atoms with van der Waals surface area (Å²) in [5.74, 6) is 1.00. The molecule has 0 saturated heterocycles. The minimum absolute atomic E-state index is 0.139. The van der Waals surface area contributed by atoms with E-state index in [1.165, 1.54) is 0 Å². The molecule has 1 aromatic rings. The molecule has 0 spiro atoms. The molecule has 0 aliphatic rings. The van der Waals surface area contributed by atoms with Crippen LogP contribution in [0, 0.1) is 6.92 Å². The van der Waals surface area contributed by atoms with Crippen molar-refractivity contribution in [3.63, 3.8) is 0 Å². The maximum atomic E-state index is 5.09. The van der Waals surface area contributed by atoms with Crippen LogP contribution in [0.15, 0.2) is 36.9 Å². The lowest BCUT2D eigenvalue weighted by molar-refractivity contribution is 0.414. The predicted octanol–water partition coefficient (Wildman–Crippen LogP) is 2.80. The van der Waals surface area contributed by atoms with Crippen molar-refractivity contribution in [2.75, 3.05) is 7.11 Å². The van der Waals surface area contributed by atoms with E-state index >= 15 is 0 Å². The minimum Gasteiger partial charge on any atom is -0.497 e. The van der Waals surface area contributed by atoms with E-state index < -0.39 is 0 Å². The molecule has 0 aromatic heterocycles. The van der Waals surface area contributed by atoms with Crippen LogP contribution < -0.4 is 4.74 Å². The Morgan fingerprint density at radius 1 is 1.50 bits per heavy atom. The molecule has 1 nitrogen and oxygen atoms in total. The van der Waals surface area contributed by atoms with Gasteiger partial charge in [-0.25, -0.2) is 0 Å². The summed E-state index contributed by atoms with van der Waals surface area (Å²) in [4.78, 5) is 0. The van der Waals surface area contributed by atoms with Crippen LogP contribution in [-0.4, -0.2) is 7.11 Å². The van der Waals surface area contributed by atoms with Crippen LogP contribution >= 0.6 is 0 Å². The maximum absolute atomic E-state index is 5.09. The SMILES string of the molecule is [CH2]C(C=C)c1cccc(OC)c1. The van der Waals surface area contributed by atoms with Crippen molar-refractivity contribution in [2.24, 2.45) is 0 Å². The number of allylic oxidation sites excluding steroid dienone is 1. The van der Waals surface area contributed by atoms with Crippen molar-refractivity contribution in [1.29, 1.82) is 0 Å². The van der Waals surface area contributed by atoms with Gasteiger partial charge in [0.25, 0.3) is 0 Å². The average Bonchev–Trinajstić information content (AvgIpc) is 2.17. The van der Waals surface area contributed by atoms with Gasteiger partial charge in [-0.3, -0.25) is 0 Å². The lowest BCUT2D eigenvalue weighted by Crippen LogP contribution is -1.90. The van der Waals surface area contributed by atoms with Crippen LogP contribution in [0.1, 0.15) is 11.5 Å². The Balaban J connectivity index is 2.93. The van der Waals surface area contributed by atoms with Gasteiger partial charge in [0, 0.05) is 5.92 Å². The number of methoxy groups -OCH3 is 1. The first-order valence-electron chi connectivity index (χ1n) is 3.87. The van der Waals surface area contributed by atoms with Gasteiger partial charge in [0.1, 0.15) is 5.75 Å². The summed E-state index contributed by atoms with van der Waals surface area (Å²) in [6.07, 6.45) is 1.81. The molecule has 0 saturated carbocycles. The molecule has 1 atom stereocenters. The van der Waals surface area contributed by atoms with Gasteiger partial charge in [-0.05, 0) is 24.6 Å².